The Balaban J connectivity index is 1.98. The van der Waals surface area contributed by atoms with Crippen molar-refractivity contribution in [3.8, 4) is 5.88 Å². The summed E-state index contributed by atoms with van der Waals surface area (Å²) in [5.41, 5.74) is 1.65. The first-order valence-corrected chi connectivity index (χ1v) is 6.55. The summed E-state index contributed by atoms with van der Waals surface area (Å²) < 4.78 is 11.4. The Bertz CT molecular complexity index is 735. The second-order valence-corrected chi connectivity index (χ2v) is 4.89. The van der Waals surface area contributed by atoms with Gasteiger partial charge in [-0.15, -0.1) is 5.10 Å². The molecule has 1 atom stereocenters. The minimum Gasteiger partial charge on any atom is -0.479 e. The molecule has 1 N–H and O–H groups in total. The molecule has 3 heterocycles. The molecule has 1 aliphatic heterocycles. The third kappa shape index (κ3) is 2.01. The number of amides is 1. The molecule has 9 heteroatoms. The monoisotopic (exact) mass is 305 g/mol. The van der Waals surface area contributed by atoms with E-state index in [1.165, 1.54) is 30.0 Å². The molecular weight excluding hydrogens is 290 g/mol. The molecule has 3 rings (SSSR count). The van der Waals surface area contributed by atoms with E-state index in [0.29, 0.717) is 11.3 Å². The highest BCUT2D eigenvalue weighted by molar-refractivity contribution is 5.99. The van der Waals surface area contributed by atoms with Gasteiger partial charge in [-0.3, -0.25) is 14.6 Å². The lowest BCUT2D eigenvalue weighted by molar-refractivity contribution is -0.146. The van der Waals surface area contributed by atoms with E-state index in [4.69, 9.17) is 9.47 Å². The highest BCUT2D eigenvalue weighted by atomic mass is 16.5. The summed E-state index contributed by atoms with van der Waals surface area (Å²) in [7, 11) is 4.41. The minimum absolute atomic E-state index is 0.213. The van der Waals surface area contributed by atoms with Gasteiger partial charge in [0.25, 0.3) is 5.91 Å². The Morgan fingerprint density at radius 1 is 1.41 bits per heavy atom. The van der Waals surface area contributed by atoms with E-state index in [1.807, 2.05) is 0 Å². The zero-order chi connectivity index (χ0) is 15.9. The fourth-order valence-corrected chi connectivity index (χ4v) is 2.59. The molecule has 1 amide bonds. The van der Waals surface area contributed by atoms with Gasteiger partial charge in [0.2, 0.25) is 5.88 Å². The van der Waals surface area contributed by atoms with Crippen LogP contribution in [0.1, 0.15) is 27.7 Å². The Labute approximate surface area is 125 Å². The molecular formula is C13H15N5O4. The molecule has 0 aliphatic carbocycles. The largest absolute Gasteiger partial charge is 0.479 e. The minimum atomic E-state index is -0.823. The lowest BCUT2D eigenvalue weighted by Gasteiger charge is -2.22. The van der Waals surface area contributed by atoms with Gasteiger partial charge in [0.1, 0.15) is 5.56 Å². The Morgan fingerprint density at radius 2 is 2.18 bits per heavy atom. The summed E-state index contributed by atoms with van der Waals surface area (Å²) in [5.74, 6) is -0.661. The quantitative estimate of drug-likeness (QED) is 0.802. The van der Waals surface area contributed by atoms with Crippen LogP contribution in [-0.2, 0) is 23.1 Å². The van der Waals surface area contributed by atoms with Crippen LogP contribution >= 0.6 is 0 Å². The van der Waals surface area contributed by atoms with Crippen LogP contribution in [0.15, 0.2) is 12.4 Å². The topological polar surface area (TPSA) is 102 Å². The normalized spacial score (nSPS) is 16.5. The molecule has 0 bridgehead atoms. The van der Waals surface area contributed by atoms with Crippen LogP contribution in [0.4, 0.5) is 0 Å². The number of nitrogens with zero attached hydrogens (tertiary/aromatic N) is 4. The Hall–Kier alpha value is -2.84. The molecule has 0 radical (unpaired) electrons. The van der Waals surface area contributed by atoms with Crippen LogP contribution in [-0.4, -0.2) is 51.0 Å². The van der Waals surface area contributed by atoms with Crippen molar-refractivity contribution in [3.63, 3.8) is 0 Å². The third-order valence-corrected chi connectivity index (χ3v) is 3.59. The first-order valence-electron chi connectivity index (χ1n) is 6.55. The summed E-state index contributed by atoms with van der Waals surface area (Å²) in [6.07, 6.45) is 3.09. The second kappa shape index (κ2) is 5.17. The number of rotatable bonds is 3. The maximum atomic E-state index is 12.8. The Morgan fingerprint density at radius 3 is 2.86 bits per heavy atom. The average molecular weight is 305 g/mol. The van der Waals surface area contributed by atoms with Crippen molar-refractivity contribution < 1.29 is 19.1 Å². The fraction of sp³-hybridized carbons (Fsp3) is 0.385. The molecule has 2 aromatic rings. The van der Waals surface area contributed by atoms with Crippen LogP contribution in [0.2, 0.25) is 0 Å². The van der Waals surface area contributed by atoms with E-state index in [-0.39, 0.29) is 23.9 Å². The van der Waals surface area contributed by atoms with E-state index in [1.54, 1.807) is 13.2 Å². The number of nitrogens with one attached hydrogen (secondary N) is 1. The van der Waals surface area contributed by atoms with Crippen molar-refractivity contribution in [2.75, 3.05) is 14.2 Å². The highest BCUT2D eigenvalue weighted by Crippen LogP contribution is 2.35. The highest BCUT2D eigenvalue weighted by Gasteiger charge is 2.42. The van der Waals surface area contributed by atoms with Gasteiger partial charge in [-0.05, 0) is 0 Å². The lowest BCUT2D eigenvalue weighted by Crippen LogP contribution is -2.34. The predicted molar refractivity (Wildman–Crippen MR) is 73.0 cm³/mol. The molecule has 0 aromatic carbocycles. The van der Waals surface area contributed by atoms with Crippen LogP contribution in [0.25, 0.3) is 0 Å². The van der Waals surface area contributed by atoms with E-state index in [0.717, 1.165) is 0 Å². The zero-order valence-electron chi connectivity index (χ0n) is 12.4. The maximum Gasteiger partial charge on any atom is 0.333 e. The summed E-state index contributed by atoms with van der Waals surface area (Å²) in [4.78, 5) is 26.3. The van der Waals surface area contributed by atoms with E-state index >= 15 is 0 Å². The van der Waals surface area contributed by atoms with Gasteiger partial charge in [-0.1, -0.05) is 0 Å². The van der Waals surface area contributed by atoms with Crippen LogP contribution in [0.3, 0.4) is 0 Å². The van der Waals surface area contributed by atoms with Crippen molar-refractivity contribution >= 4 is 11.9 Å². The van der Waals surface area contributed by atoms with Crippen LogP contribution < -0.4 is 4.74 Å². The number of ether oxygens (including phenoxy) is 2. The zero-order valence-corrected chi connectivity index (χ0v) is 12.4. The molecule has 22 heavy (non-hydrogen) atoms. The smallest absolute Gasteiger partial charge is 0.333 e. The van der Waals surface area contributed by atoms with E-state index in [2.05, 4.69) is 15.3 Å². The number of aromatic amines is 1. The molecule has 2 aromatic heterocycles. The number of hydrogen-bond donors (Lipinski definition) is 1. The van der Waals surface area contributed by atoms with Gasteiger partial charge in [0.05, 0.1) is 32.7 Å². The molecule has 9 nitrogen and oxygen atoms in total. The molecule has 0 saturated heterocycles. The number of methoxy groups -OCH3 is 2. The number of aryl methyl sites for hydroxylation is 1. The SMILES string of the molecule is COC(=O)C1c2cn[nH]c2CN1C(=O)c1cn(C)nc1OC. The number of fused-ring (bicyclic) bond motifs is 1. The summed E-state index contributed by atoms with van der Waals surface area (Å²) in [5, 5.41) is 10.8. The number of carbonyl (C=O) groups is 2. The van der Waals surface area contributed by atoms with E-state index < -0.39 is 12.0 Å². The molecule has 1 unspecified atom stereocenters. The number of aromatic nitrogens is 4. The van der Waals surface area contributed by atoms with Crippen molar-refractivity contribution in [3.05, 3.63) is 29.2 Å². The van der Waals surface area contributed by atoms with Gasteiger partial charge in [0, 0.05) is 18.8 Å². The summed E-state index contributed by atoms with van der Waals surface area (Å²) in [6.45, 7) is 0.242. The number of hydrogen-bond acceptors (Lipinski definition) is 6. The van der Waals surface area contributed by atoms with Crippen LogP contribution in [0.5, 0.6) is 5.88 Å². The van der Waals surface area contributed by atoms with Crippen LogP contribution in [0, 0.1) is 0 Å². The van der Waals surface area contributed by atoms with Gasteiger partial charge in [-0.2, -0.15) is 5.10 Å². The molecule has 116 valence electrons. The van der Waals surface area contributed by atoms with Crippen molar-refractivity contribution in [2.45, 2.75) is 12.6 Å². The molecule has 0 spiro atoms. The first kappa shape index (κ1) is 14.1. The summed E-state index contributed by atoms with van der Waals surface area (Å²) in [6, 6.07) is -0.823. The maximum absolute atomic E-state index is 12.8. The predicted octanol–water partition coefficient (Wildman–Crippen LogP) is 0.0219. The third-order valence-electron chi connectivity index (χ3n) is 3.59. The second-order valence-electron chi connectivity index (χ2n) is 4.89. The van der Waals surface area contributed by atoms with E-state index in [9.17, 15) is 9.59 Å². The lowest BCUT2D eigenvalue weighted by atomic mass is 10.1. The number of H-pyrrole nitrogens is 1. The molecule has 1 aliphatic rings. The number of esters is 1. The molecule has 0 saturated carbocycles. The number of carbonyl (C=O) groups excluding carboxylic acids is 2. The first-order chi connectivity index (χ1) is 10.6. The van der Waals surface area contributed by atoms with Gasteiger partial charge in [0.15, 0.2) is 6.04 Å². The fourth-order valence-electron chi connectivity index (χ4n) is 2.59. The van der Waals surface area contributed by atoms with Gasteiger partial charge in [-0.25, -0.2) is 4.79 Å². The van der Waals surface area contributed by atoms with Crippen molar-refractivity contribution in [2.24, 2.45) is 7.05 Å². The summed E-state index contributed by atoms with van der Waals surface area (Å²) >= 11 is 0. The molecule has 0 fully saturated rings. The van der Waals surface area contributed by atoms with Gasteiger partial charge < -0.3 is 14.4 Å². The van der Waals surface area contributed by atoms with Crippen molar-refractivity contribution in [1.29, 1.82) is 0 Å². The standard InChI is InChI=1S/C13H15N5O4/c1-17-5-8(11(16-17)21-2)12(19)18-6-9-7(4-14-15-9)10(18)13(20)22-3/h4-5,10H,6H2,1-3H3,(H,14,15). The average Bonchev–Trinajstić information content (AvgIpc) is 3.18. The Kier molecular flexibility index (Phi) is 3.32. The van der Waals surface area contributed by atoms with Gasteiger partial charge >= 0.3 is 5.97 Å². The van der Waals surface area contributed by atoms with Crippen molar-refractivity contribution in [1.82, 2.24) is 24.9 Å².